The van der Waals surface area contributed by atoms with E-state index in [0.717, 1.165) is 18.8 Å². The average Bonchev–Trinajstić information content (AvgIpc) is 3.13. The summed E-state index contributed by atoms with van der Waals surface area (Å²) < 4.78 is 4.64. The lowest BCUT2D eigenvalue weighted by Gasteiger charge is -2.17. The molecule has 3 rings (SSSR count). The number of benzene rings is 1. The van der Waals surface area contributed by atoms with Gasteiger partial charge in [-0.3, -0.25) is 4.79 Å². The van der Waals surface area contributed by atoms with E-state index in [1.54, 1.807) is 0 Å². The van der Waals surface area contributed by atoms with Crippen LogP contribution >= 0.6 is 0 Å². The Morgan fingerprint density at radius 1 is 1.21 bits per heavy atom. The molecule has 1 fully saturated rings. The Balaban J connectivity index is 1.67. The minimum absolute atomic E-state index is 0.213. The molecule has 1 aromatic carbocycles. The number of rotatable bonds is 3. The SMILES string of the molecule is O=C(Nc1ccc(N2CCCC2)cc1)c1cnoc1. The van der Waals surface area contributed by atoms with Gasteiger partial charge in [-0.2, -0.15) is 0 Å². The second-order valence-corrected chi connectivity index (χ2v) is 4.61. The summed E-state index contributed by atoms with van der Waals surface area (Å²) in [6.07, 6.45) is 5.24. The maximum absolute atomic E-state index is 11.8. The summed E-state index contributed by atoms with van der Waals surface area (Å²) in [6, 6.07) is 7.90. The van der Waals surface area contributed by atoms with Crippen LogP contribution in [0.5, 0.6) is 0 Å². The van der Waals surface area contributed by atoms with Crippen LogP contribution in [0.3, 0.4) is 0 Å². The van der Waals surface area contributed by atoms with Gasteiger partial charge in [0, 0.05) is 24.5 Å². The van der Waals surface area contributed by atoms with Crippen LogP contribution in [0.25, 0.3) is 0 Å². The van der Waals surface area contributed by atoms with Crippen molar-refractivity contribution in [3.8, 4) is 0 Å². The first kappa shape index (κ1) is 11.8. The van der Waals surface area contributed by atoms with Gasteiger partial charge in [0.1, 0.15) is 6.26 Å². The summed E-state index contributed by atoms with van der Waals surface area (Å²) in [5, 5.41) is 6.31. The van der Waals surface area contributed by atoms with E-state index in [9.17, 15) is 4.79 Å². The molecule has 1 amide bonds. The predicted octanol–water partition coefficient (Wildman–Crippen LogP) is 2.53. The number of carbonyl (C=O) groups excluding carboxylic acids is 1. The van der Waals surface area contributed by atoms with E-state index in [1.807, 2.05) is 24.3 Å². The highest BCUT2D eigenvalue weighted by molar-refractivity contribution is 6.03. The second kappa shape index (κ2) is 5.14. The van der Waals surface area contributed by atoms with Gasteiger partial charge in [0.25, 0.3) is 5.91 Å². The zero-order valence-corrected chi connectivity index (χ0v) is 10.5. The largest absolute Gasteiger partial charge is 0.372 e. The van der Waals surface area contributed by atoms with Crippen LogP contribution in [0.2, 0.25) is 0 Å². The number of aromatic nitrogens is 1. The van der Waals surface area contributed by atoms with E-state index in [4.69, 9.17) is 0 Å². The number of hydrogen-bond donors (Lipinski definition) is 1. The lowest BCUT2D eigenvalue weighted by atomic mass is 10.2. The molecule has 1 saturated heterocycles. The maximum atomic E-state index is 11.8. The molecule has 2 heterocycles. The third-order valence-electron chi connectivity index (χ3n) is 3.29. The third-order valence-corrected chi connectivity index (χ3v) is 3.29. The van der Waals surface area contributed by atoms with Gasteiger partial charge in [0.2, 0.25) is 0 Å². The molecule has 0 spiro atoms. The van der Waals surface area contributed by atoms with Crippen molar-refractivity contribution in [1.29, 1.82) is 0 Å². The van der Waals surface area contributed by atoms with Crippen LogP contribution < -0.4 is 10.2 Å². The van der Waals surface area contributed by atoms with Gasteiger partial charge >= 0.3 is 0 Å². The van der Waals surface area contributed by atoms with Crippen molar-refractivity contribution in [2.24, 2.45) is 0 Å². The molecule has 1 aromatic heterocycles. The van der Waals surface area contributed by atoms with Crippen molar-refractivity contribution in [2.75, 3.05) is 23.3 Å². The molecule has 1 aliphatic heterocycles. The van der Waals surface area contributed by atoms with Crippen LogP contribution in [0.15, 0.2) is 41.2 Å². The number of nitrogens with zero attached hydrogens (tertiary/aromatic N) is 2. The van der Waals surface area contributed by atoms with E-state index in [-0.39, 0.29) is 5.91 Å². The van der Waals surface area contributed by atoms with Crippen molar-refractivity contribution in [1.82, 2.24) is 5.16 Å². The summed E-state index contributed by atoms with van der Waals surface area (Å²) >= 11 is 0. The van der Waals surface area contributed by atoms with Gasteiger partial charge in [-0.1, -0.05) is 5.16 Å². The van der Waals surface area contributed by atoms with Crippen LogP contribution in [0, 0.1) is 0 Å². The van der Waals surface area contributed by atoms with E-state index < -0.39 is 0 Å². The minimum atomic E-state index is -0.213. The molecule has 2 aromatic rings. The van der Waals surface area contributed by atoms with Gasteiger partial charge in [0.05, 0.1) is 11.8 Å². The molecule has 98 valence electrons. The fourth-order valence-corrected chi connectivity index (χ4v) is 2.25. The van der Waals surface area contributed by atoms with Crippen molar-refractivity contribution in [3.63, 3.8) is 0 Å². The number of carbonyl (C=O) groups is 1. The highest BCUT2D eigenvalue weighted by Crippen LogP contribution is 2.22. The van der Waals surface area contributed by atoms with Gasteiger partial charge < -0.3 is 14.7 Å². The predicted molar refractivity (Wildman–Crippen MR) is 72.3 cm³/mol. The number of amides is 1. The lowest BCUT2D eigenvalue weighted by Crippen LogP contribution is -2.17. The number of anilines is 2. The Morgan fingerprint density at radius 2 is 1.95 bits per heavy atom. The fraction of sp³-hybridized carbons (Fsp3) is 0.286. The fourth-order valence-electron chi connectivity index (χ4n) is 2.25. The molecule has 0 unspecified atom stereocenters. The Labute approximate surface area is 111 Å². The van der Waals surface area contributed by atoms with Gasteiger partial charge in [-0.15, -0.1) is 0 Å². The molecular weight excluding hydrogens is 242 g/mol. The Kier molecular flexibility index (Phi) is 3.18. The zero-order chi connectivity index (χ0) is 13.1. The topological polar surface area (TPSA) is 58.4 Å². The molecule has 0 bridgehead atoms. The first-order chi connectivity index (χ1) is 9.33. The van der Waals surface area contributed by atoms with Gasteiger partial charge in [-0.05, 0) is 37.1 Å². The number of nitrogens with one attached hydrogen (secondary N) is 1. The molecule has 0 atom stereocenters. The zero-order valence-electron chi connectivity index (χ0n) is 10.5. The van der Waals surface area contributed by atoms with Crippen LogP contribution in [0.4, 0.5) is 11.4 Å². The summed E-state index contributed by atoms with van der Waals surface area (Å²) in [7, 11) is 0. The van der Waals surface area contributed by atoms with Crippen LogP contribution in [0.1, 0.15) is 23.2 Å². The van der Waals surface area contributed by atoms with Crippen molar-refractivity contribution < 1.29 is 9.32 Å². The third kappa shape index (κ3) is 2.59. The van der Waals surface area contributed by atoms with E-state index in [0.29, 0.717) is 5.56 Å². The highest BCUT2D eigenvalue weighted by Gasteiger charge is 2.12. The molecular formula is C14H15N3O2. The molecule has 5 nitrogen and oxygen atoms in total. The highest BCUT2D eigenvalue weighted by atomic mass is 16.5. The van der Waals surface area contributed by atoms with Gasteiger partial charge in [-0.25, -0.2) is 0 Å². The quantitative estimate of drug-likeness (QED) is 0.918. The molecule has 0 saturated carbocycles. The normalized spacial score (nSPS) is 14.6. The van der Waals surface area contributed by atoms with Crippen molar-refractivity contribution >= 4 is 17.3 Å². The summed E-state index contributed by atoms with van der Waals surface area (Å²) in [5.74, 6) is -0.213. The lowest BCUT2D eigenvalue weighted by molar-refractivity contribution is 0.102. The summed E-state index contributed by atoms with van der Waals surface area (Å²) in [4.78, 5) is 14.1. The molecule has 19 heavy (non-hydrogen) atoms. The molecule has 5 heteroatoms. The molecule has 0 aliphatic carbocycles. The van der Waals surface area contributed by atoms with Crippen molar-refractivity contribution in [2.45, 2.75) is 12.8 Å². The van der Waals surface area contributed by atoms with Crippen molar-refractivity contribution in [3.05, 3.63) is 42.3 Å². The number of hydrogen-bond acceptors (Lipinski definition) is 4. The van der Waals surface area contributed by atoms with Crippen LogP contribution in [-0.2, 0) is 0 Å². The Bertz CT molecular complexity index is 543. The smallest absolute Gasteiger partial charge is 0.260 e. The van der Waals surface area contributed by atoms with Gasteiger partial charge in [0.15, 0.2) is 0 Å². The van der Waals surface area contributed by atoms with Crippen LogP contribution in [-0.4, -0.2) is 24.2 Å². The van der Waals surface area contributed by atoms with E-state index in [2.05, 4.69) is 19.9 Å². The minimum Gasteiger partial charge on any atom is -0.372 e. The maximum Gasteiger partial charge on any atom is 0.260 e. The van der Waals surface area contributed by atoms with E-state index >= 15 is 0 Å². The Hall–Kier alpha value is -2.30. The van der Waals surface area contributed by atoms with E-state index in [1.165, 1.54) is 31.0 Å². The molecule has 1 aliphatic rings. The first-order valence-corrected chi connectivity index (χ1v) is 6.39. The molecule has 1 N–H and O–H groups in total. The summed E-state index contributed by atoms with van der Waals surface area (Å²) in [6.45, 7) is 2.23. The monoisotopic (exact) mass is 257 g/mol. The molecule has 0 radical (unpaired) electrons. The second-order valence-electron chi connectivity index (χ2n) is 4.61. The average molecular weight is 257 g/mol. The summed E-state index contributed by atoms with van der Waals surface area (Å²) in [5.41, 5.74) is 2.40. The first-order valence-electron chi connectivity index (χ1n) is 6.39. The Morgan fingerprint density at radius 3 is 2.58 bits per heavy atom. The standard InChI is InChI=1S/C14H15N3O2/c18-14(11-9-15-19-10-11)16-12-3-5-13(6-4-12)17-7-1-2-8-17/h3-6,9-10H,1-2,7-8H2,(H,16,18).